The Morgan fingerprint density at radius 2 is 2.26 bits per heavy atom. The van der Waals surface area contributed by atoms with Crippen LogP contribution in [0.15, 0.2) is 41.8 Å². The van der Waals surface area contributed by atoms with E-state index in [-0.39, 0.29) is 17.8 Å². The van der Waals surface area contributed by atoms with Crippen molar-refractivity contribution in [2.24, 2.45) is 0 Å². The lowest BCUT2D eigenvalue weighted by atomic mass is 10.1. The maximum atomic E-state index is 13.1. The van der Waals surface area contributed by atoms with Gasteiger partial charge in [0.2, 0.25) is 0 Å². The highest BCUT2D eigenvalue weighted by Gasteiger charge is 2.13. The normalized spacial score (nSPS) is 12.1. The van der Waals surface area contributed by atoms with Crippen LogP contribution in [-0.2, 0) is 4.74 Å². The van der Waals surface area contributed by atoms with Gasteiger partial charge in [0.05, 0.1) is 11.0 Å². The van der Waals surface area contributed by atoms with Crippen LogP contribution >= 0.6 is 11.3 Å². The summed E-state index contributed by atoms with van der Waals surface area (Å²) in [5.41, 5.74) is 0.703. The molecule has 1 aromatic heterocycles. The van der Waals surface area contributed by atoms with Gasteiger partial charge in [0.1, 0.15) is 5.82 Å². The smallest absolute Gasteiger partial charge is 0.261 e. The van der Waals surface area contributed by atoms with Gasteiger partial charge in [-0.2, -0.15) is 0 Å². The highest BCUT2D eigenvalue weighted by atomic mass is 32.1. The third kappa shape index (κ3) is 3.62. The molecule has 19 heavy (non-hydrogen) atoms. The average Bonchev–Trinajstić information content (AvgIpc) is 2.93. The average molecular weight is 279 g/mol. The minimum absolute atomic E-state index is 0.145. The minimum Gasteiger partial charge on any atom is -0.375 e. The lowest BCUT2D eigenvalue weighted by Gasteiger charge is -2.16. The van der Waals surface area contributed by atoms with Crippen molar-refractivity contribution in [1.29, 1.82) is 0 Å². The predicted octanol–water partition coefficient (Wildman–Crippen LogP) is 3.00. The van der Waals surface area contributed by atoms with Gasteiger partial charge in [-0.05, 0) is 29.1 Å². The molecule has 0 saturated carbocycles. The molecule has 0 aliphatic rings. The molecule has 1 unspecified atom stereocenters. The standard InChI is InChI=1S/C14H14FNO2S/c1-18-12(10-4-2-5-11(15)8-10)9-16-14(17)13-6-3-7-19-13/h2-8,12H,9H2,1H3,(H,16,17). The van der Waals surface area contributed by atoms with Crippen molar-refractivity contribution in [2.75, 3.05) is 13.7 Å². The lowest BCUT2D eigenvalue weighted by molar-refractivity contribution is 0.0830. The van der Waals surface area contributed by atoms with E-state index < -0.39 is 0 Å². The summed E-state index contributed by atoms with van der Waals surface area (Å²) in [6.45, 7) is 0.302. The van der Waals surface area contributed by atoms with Crippen LogP contribution in [0, 0.1) is 5.82 Å². The number of carbonyl (C=O) groups excluding carboxylic acids is 1. The quantitative estimate of drug-likeness (QED) is 0.913. The molecule has 2 rings (SSSR count). The third-order valence-corrected chi connectivity index (χ3v) is 3.57. The summed E-state index contributed by atoms with van der Waals surface area (Å²) in [5, 5.41) is 4.62. The van der Waals surface area contributed by atoms with Crippen LogP contribution in [0.1, 0.15) is 21.3 Å². The molecule has 0 aliphatic carbocycles. The van der Waals surface area contributed by atoms with Crippen LogP contribution in [0.3, 0.4) is 0 Å². The minimum atomic E-state index is -0.361. The zero-order valence-corrected chi connectivity index (χ0v) is 11.2. The summed E-state index contributed by atoms with van der Waals surface area (Å²) in [5.74, 6) is -0.461. The SMILES string of the molecule is COC(CNC(=O)c1cccs1)c1cccc(F)c1. The molecule has 1 amide bonds. The van der Waals surface area contributed by atoms with Crippen LogP contribution < -0.4 is 5.32 Å². The molecule has 0 spiro atoms. The Kier molecular flexibility index (Phi) is 4.65. The molecule has 0 bridgehead atoms. The summed E-state index contributed by atoms with van der Waals surface area (Å²) in [4.78, 5) is 12.4. The Labute approximate surface area is 115 Å². The van der Waals surface area contributed by atoms with Gasteiger partial charge < -0.3 is 10.1 Å². The number of halogens is 1. The van der Waals surface area contributed by atoms with Gasteiger partial charge in [-0.1, -0.05) is 18.2 Å². The van der Waals surface area contributed by atoms with E-state index in [4.69, 9.17) is 4.74 Å². The van der Waals surface area contributed by atoms with Crippen LogP contribution in [0.2, 0.25) is 0 Å². The molecule has 3 nitrogen and oxygen atoms in total. The summed E-state index contributed by atoms with van der Waals surface area (Å²) in [7, 11) is 1.53. The second-order valence-corrected chi connectivity index (χ2v) is 4.91. The largest absolute Gasteiger partial charge is 0.375 e. The fourth-order valence-electron chi connectivity index (χ4n) is 1.72. The van der Waals surface area contributed by atoms with Gasteiger partial charge in [-0.3, -0.25) is 4.79 Å². The summed E-state index contributed by atoms with van der Waals surface area (Å²) < 4.78 is 18.4. The summed E-state index contributed by atoms with van der Waals surface area (Å²) >= 11 is 1.38. The monoisotopic (exact) mass is 279 g/mol. The van der Waals surface area contributed by atoms with Crippen LogP contribution in [0.4, 0.5) is 4.39 Å². The number of nitrogens with one attached hydrogen (secondary N) is 1. The van der Waals surface area contributed by atoms with Gasteiger partial charge in [0.25, 0.3) is 5.91 Å². The van der Waals surface area contributed by atoms with Crippen molar-refractivity contribution in [1.82, 2.24) is 5.32 Å². The number of thiophene rings is 1. The van der Waals surface area contributed by atoms with Gasteiger partial charge in [-0.15, -0.1) is 11.3 Å². The first kappa shape index (κ1) is 13.7. The highest BCUT2D eigenvalue weighted by Crippen LogP contribution is 2.17. The lowest BCUT2D eigenvalue weighted by Crippen LogP contribution is -2.28. The van der Waals surface area contributed by atoms with Crippen molar-refractivity contribution >= 4 is 17.2 Å². The molecule has 0 radical (unpaired) electrons. The van der Waals surface area contributed by atoms with E-state index in [1.54, 1.807) is 18.2 Å². The van der Waals surface area contributed by atoms with Gasteiger partial charge in [0.15, 0.2) is 0 Å². The number of hydrogen-bond donors (Lipinski definition) is 1. The first-order chi connectivity index (χ1) is 9.20. The molecule has 0 fully saturated rings. The Hall–Kier alpha value is -1.72. The number of carbonyl (C=O) groups is 1. The molecule has 2 aromatic rings. The van der Waals surface area contributed by atoms with Gasteiger partial charge >= 0.3 is 0 Å². The zero-order chi connectivity index (χ0) is 13.7. The van der Waals surface area contributed by atoms with Crippen molar-refractivity contribution < 1.29 is 13.9 Å². The molecule has 1 N–H and O–H groups in total. The van der Waals surface area contributed by atoms with Crippen LogP contribution in [0.25, 0.3) is 0 Å². The molecule has 1 aromatic carbocycles. The number of ether oxygens (including phenoxy) is 1. The number of hydrogen-bond acceptors (Lipinski definition) is 3. The molecular weight excluding hydrogens is 265 g/mol. The maximum absolute atomic E-state index is 13.1. The number of methoxy groups -OCH3 is 1. The zero-order valence-electron chi connectivity index (χ0n) is 10.4. The Morgan fingerprint density at radius 3 is 2.89 bits per heavy atom. The predicted molar refractivity (Wildman–Crippen MR) is 72.8 cm³/mol. The van der Waals surface area contributed by atoms with E-state index in [9.17, 15) is 9.18 Å². The molecular formula is C14H14FNO2S. The topological polar surface area (TPSA) is 38.3 Å². The number of amides is 1. The maximum Gasteiger partial charge on any atom is 0.261 e. The van der Waals surface area contributed by atoms with Crippen molar-refractivity contribution in [3.05, 3.63) is 58.0 Å². The molecule has 1 heterocycles. The van der Waals surface area contributed by atoms with Gasteiger partial charge in [-0.25, -0.2) is 4.39 Å². The van der Waals surface area contributed by atoms with Crippen LogP contribution in [-0.4, -0.2) is 19.6 Å². The second-order valence-electron chi connectivity index (χ2n) is 3.97. The summed E-state index contributed by atoms with van der Waals surface area (Å²) in [6.07, 6.45) is -0.361. The molecule has 100 valence electrons. The van der Waals surface area contributed by atoms with Crippen molar-refractivity contribution in [2.45, 2.75) is 6.10 Å². The fraction of sp³-hybridized carbons (Fsp3) is 0.214. The molecule has 5 heteroatoms. The van der Waals surface area contributed by atoms with E-state index in [2.05, 4.69) is 5.32 Å². The first-order valence-corrected chi connectivity index (χ1v) is 6.68. The third-order valence-electron chi connectivity index (χ3n) is 2.70. The molecule has 0 saturated heterocycles. The molecule has 1 atom stereocenters. The molecule has 0 aliphatic heterocycles. The highest BCUT2D eigenvalue weighted by molar-refractivity contribution is 7.12. The Morgan fingerprint density at radius 1 is 1.42 bits per heavy atom. The van der Waals surface area contributed by atoms with E-state index in [0.717, 1.165) is 0 Å². The van der Waals surface area contributed by atoms with Crippen molar-refractivity contribution in [3.8, 4) is 0 Å². The first-order valence-electron chi connectivity index (χ1n) is 5.80. The Bertz CT molecular complexity index is 542. The summed E-state index contributed by atoms with van der Waals surface area (Å²) in [6, 6.07) is 9.75. The van der Waals surface area contributed by atoms with E-state index in [0.29, 0.717) is 17.0 Å². The van der Waals surface area contributed by atoms with Crippen molar-refractivity contribution in [3.63, 3.8) is 0 Å². The fourth-order valence-corrected chi connectivity index (χ4v) is 2.36. The van der Waals surface area contributed by atoms with E-state index >= 15 is 0 Å². The van der Waals surface area contributed by atoms with E-state index in [1.807, 2.05) is 11.4 Å². The Balaban J connectivity index is 1.98. The second kappa shape index (κ2) is 6.45. The van der Waals surface area contributed by atoms with Crippen LogP contribution in [0.5, 0.6) is 0 Å². The van der Waals surface area contributed by atoms with E-state index in [1.165, 1.54) is 30.6 Å². The number of benzene rings is 1. The van der Waals surface area contributed by atoms with Gasteiger partial charge in [0, 0.05) is 13.7 Å². The number of rotatable bonds is 5.